The Morgan fingerprint density at radius 2 is 1.96 bits per heavy atom. The molecule has 144 valence electrons. The molecule has 6 nitrogen and oxygen atoms in total. The number of rotatable bonds is 7. The summed E-state index contributed by atoms with van der Waals surface area (Å²) in [5.41, 5.74) is 0.380. The number of nitrogens with one attached hydrogen (secondary N) is 1. The van der Waals surface area contributed by atoms with Crippen LogP contribution in [0.15, 0.2) is 29.2 Å². The monoisotopic (exact) mass is 398 g/mol. The molecule has 1 aliphatic heterocycles. The average molecular weight is 399 g/mol. The van der Waals surface area contributed by atoms with Gasteiger partial charge >= 0.3 is 0 Å². The second-order valence-corrected chi connectivity index (χ2v) is 9.92. The molecule has 1 saturated heterocycles. The summed E-state index contributed by atoms with van der Waals surface area (Å²) in [6.45, 7) is 2.09. The maximum absolute atomic E-state index is 12.7. The summed E-state index contributed by atoms with van der Waals surface area (Å²) in [6.07, 6.45) is 5.18. The van der Waals surface area contributed by atoms with Crippen molar-refractivity contribution < 1.29 is 17.9 Å². The van der Waals surface area contributed by atoms with Gasteiger partial charge in [-0.25, -0.2) is 8.42 Å². The van der Waals surface area contributed by atoms with Crippen LogP contribution in [0.5, 0.6) is 0 Å². The molecule has 1 aliphatic carbocycles. The Balaban J connectivity index is 1.56. The molecule has 1 aromatic rings. The molecule has 0 bridgehead atoms. The Morgan fingerprint density at radius 3 is 2.69 bits per heavy atom. The van der Waals surface area contributed by atoms with Crippen molar-refractivity contribution in [1.29, 1.82) is 0 Å². The van der Waals surface area contributed by atoms with E-state index in [0.29, 0.717) is 38.4 Å². The molecule has 0 aromatic heterocycles. The van der Waals surface area contributed by atoms with Crippen LogP contribution in [0, 0.1) is 0 Å². The quantitative estimate of drug-likeness (QED) is 0.712. The number of morpholine rings is 1. The first-order valence-corrected chi connectivity index (χ1v) is 11.6. The van der Waals surface area contributed by atoms with Crippen molar-refractivity contribution in [2.45, 2.75) is 35.8 Å². The van der Waals surface area contributed by atoms with Crippen LogP contribution in [0.2, 0.25) is 0 Å². The second-order valence-electron chi connectivity index (χ2n) is 6.58. The van der Waals surface area contributed by atoms with Crippen LogP contribution in [0.3, 0.4) is 0 Å². The maximum Gasteiger partial charge on any atom is 0.251 e. The summed E-state index contributed by atoms with van der Waals surface area (Å²) in [4.78, 5) is 12.5. The molecule has 1 N–H and O–H groups in total. The lowest BCUT2D eigenvalue weighted by atomic mass is 10.2. The van der Waals surface area contributed by atoms with Gasteiger partial charge in [0, 0.05) is 36.2 Å². The molecule has 0 radical (unpaired) electrons. The Kier molecular flexibility index (Phi) is 6.97. The van der Waals surface area contributed by atoms with Crippen LogP contribution in [0.25, 0.3) is 0 Å². The minimum atomic E-state index is -3.59. The summed E-state index contributed by atoms with van der Waals surface area (Å²) in [7, 11) is -3.59. The highest BCUT2D eigenvalue weighted by molar-refractivity contribution is 7.99. The van der Waals surface area contributed by atoms with E-state index in [2.05, 4.69) is 5.32 Å². The van der Waals surface area contributed by atoms with Gasteiger partial charge in [-0.2, -0.15) is 16.1 Å². The molecule has 8 heteroatoms. The highest BCUT2D eigenvalue weighted by Crippen LogP contribution is 2.28. The summed E-state index contributed by atoms with van der Waals surface area (Å²) < 4.78 is 32.0. The van der Waals surface area contributed by atoms with Crippen molar-refractivity contribution >= 4 is 27.7 Å². The van der Waals surface area contributed by atoms with Gasteiger partial charge in [-0.3, -0.25) is 4.79 Å². The highest BCUT2D eigenvalue weighted by atomic mass is 32.2. The largest absolute Gasteiger partial charge is 0.379 e. The van der Waals surface area contributed by atoms with E-state index in [4.69, 9.17) is 4.74 Å². The standard InChI is InChI=1S/C18H26N2O4S2/c21-18(19-8-13-25-16-5-1-2-6-16)15-4-3-7-17(14-15)26(22,23)20-9-11-24-12-10-20/h3-4,7,14,16H,1-2,5-6,8-13H2,(H,19,21). The van der Waals surface area contributed by atoms with E-state index in [0.717, 1.165) is 11.0 Å². The first-order valence-electron chi connectivity index (χ1n) is 9.15. The molecule has 1 heterocycles. The molecule has 2 aliphatic rings. The van der Waals surface area contributed by atoms with Crippen molar-refractivity contribution in [2.75, 3.05) is 38.6 Å². The van der Waals surface area contributed by atoms with Gasteiger partial charge < -0.3 is 10.1 Å². The first kappa shape index (κ1) is 19.7. The molecule has 1 aromatic carbocycles. The predicted octanol–water partition coefficient (Wildman–Crippen LogP) is 2.11. The van der Waals surface area contributed by atoms with E-state index in [1.807, 2.05) is 11.8 Å². The van der Waals surface area contributed by atoms with Gasteiger partial charge in [0.25, 0.3) is 5.91 Å². The SMILES string of the molecule is O=C(NCCSC1CCCC1)c1cccc(S(=O)(=O)N2CCOCC2)c1. The summed E-state index contributed by atoms with van der Waals surface area (Å²) in [5, 5.41) is 3.62. The molecule has 1 amide bonds. The number of nitrogens with zero attached hydrogens (tertiary/aromatic N) is 1. The summed E-state index contributed by atoms with van der Waals surface area (Å²) >= 11 is 1.92. The highest BCUT2D eigenvalue weighted by Gasteiger charge is 2.26. The van der Waals surface area contributed by atoms with Crippen molar-refractivity contribution in [3.05, 3.63) is 29.8 Å². The van der Waals surface area contributed by atoms with E-state index in [9.17, 15) is 13.2 Å². The van der Waals surface area contributed by atoms with Crippen molar-refractivity contribution in [1.82, 2.24) is 9.62 Å². The number of carbonyl (C=O) groups is 1. The Hall–Kier alpha value is -1.09. The summed E-state index contributed by atoms with van der Waals surface area (Å²) in [5.74, 6) is 0.665. The van der Waals surface area contributed by atoms with Crippen molar-refractivity contribution in [3.63, 3.8) is 0 Å². The minimum Gasteiger partial charge on any atom is -0.379 e. The van der Waals surface area contributed by atoms with Crippen LogP contribution in [-0.2, 0) is 14.8 Å². The Bertz CT molecular complexity index is 712. The first-order chi connectivity index (χ1) is 12.6. The molecule has 1 saturated carbocycles. The number of amides is 1. The molecule has 0 atom stereocenters. The van der Waals surface area contributed by atoms with Crippen molar-refractivity contribution in [2.24, 2.45) is 0 Å². The molecular weight excluding hydrogens is 372 g/mol. The number of thioether (sulfide) groups is 1. The number of hydrogen-bond acceptors (Lipinski definition) is 5. The van der Waals surface area contributed by atoms with E-state index >= 15 is 0 Å². The fraction of sp³-hybridized carbons (Fsp3) is 0.611. The number of hydrogen-bond donors (Lipinski definition) is 1. The van der Waals surface area contributed by atoms with Gasteiger partial charge in [-0.1, -0.05) is 18.9 Å². The molecule has 2 fully saturated rings. The van der Waals surface area contributed by atoms with E-state index in [1.165, 1.54) is 42.1 Å². The lowest BCUT2D eigenvalue weighted by Crippen LogP contribution is -2.40. The fourth-order valence-corrected chi connectivity index (χ4v) is 5.96. The van der Waals surface area contributed by atoms with Crippen LogP contribution in [-0.4, -0.2) is 62.5 Å². The zero-order valence-corrected chi connectivity index (χ0v) is 16.5. The van der Waals surface area contributed by atoms with Gasteiger partial charge in [-0.05, 0) is 31.0 Å². The topological polar surface area (TPSA) is 75.7 Å². The smallest absolute Gasteiger partial charge is 0.251 e. The zero-order valence-electron chi connectivity index (χ0n) is 14.9. The van der Waals surface area contributed by atoms with Crippen molar-refractivity contribution in [3.8, 4) is 0 Å². The van der Waals surface area contributed by atoms with Crippen LogP contribution in [0.1, 0.15) is 36.0 Å². The molecule has 3 rings (SSSR count). The van der Waals surface area contributed by atoms with E-state index in [-0.39, 0.29) is 10.8 Å². The summed E-state index contributed by atoms with van der Waals surface area (Å²) in [6, 6.07) is 6.27. The van der Waals surface area contributed by atoms with Crippen LogP contribution < -0.4 is 5.32 Å². The number of sulfonamides is 1. The lowest BCUT2D eigenvalue weighted by Gasteiger charge is -2.26. The van der Waals surface area contributed by atoms with Gasteiger partial charge in [0.15, 0.2) is 0 Å². The fourth-order valence-electron chi connectivity index (χ4n) is 3.28. The van der Waals surface area contributed by atoms with E-state index < -0.39 is 10.0 Å². The molecule has 0 unspecified atom stereocenters. The molecule has 0 spiro atoms. The van der Waals surface area contributed by atoms with Gasteiger partial charge in [0.2, 0.25) is 10.0 Å². The van der Waals surface area contributed by atoms with Crippen LogP contribution >= 0.6 is 11.8 Å². The maximum atomic E-state index is 12.7. The number of ether oxygens (including phenoxy) is 1. The van der Waals surface area contributed by atoms with Gasteiger partial charge in [0.05, 0.1) is 18.1 Å². The van der Waals surface area contributed by atoms with Gasteiger partial charge in [-0.15, -0.1) is 0 Å². The zero-order chi connectivity index (χ0) is 18.4. The van der Waals surface area contributed by atoms with Crippen LogP contribution in [0.4, 0.5) is 0 Å². The molecular formula is C18H26N2O4S2. The number of carbonyl (C=O) groups excluding carboxylic acids is 1. The number of benzene rings is 1. The minimum absolute atomic E-state index is 0.160. The molecule has 26 heavy (non-hydrogen) atoms. The third kappa shape index (κ3) is 5.00. The third-order valence-corrected chi connectivity index (χ3v) is 8.02. The van der Waals surface area contributed by atoms with Gasteiger partial charge in [0.1, 0.15) is 0 Å². The second kappa shape index (κ2) is 9.21. The Morgan fingerprint density at radius 1 is 1.23 bits per heavy atom. The average Bonchev–Trinajstić information content (AvgIpc) is 3.19. The van der Waals surface area contributed by atoms with E-state index in [1.54, 1.807) is 12.1 Å². The predicted molar refractivity (Wildman–Crippen MR) is 103 cm³/mol. The Labute approximate surface area is 159 Å². The lowest BCUT2D eigenvalue weighted by molar-refractivity contribution is 0.0730. The normalized spacial score (nSPS) is 19.5. The third-order valence-electron chi connectivity index (χ3n) is 4.75.